The average Bonchev–Trinajstić information content (AvgIpc) is 3.23. The van der Waals surface area contributed by atoms with Crippen LogP contribution in [0.15, 0.2) is 60.7 Å². The molecule has 85 heavy (non-hydrogen) atoms. The van der Waals surface area contributed by atoms with Crippen LogP contribution in [0.3, 0.4) is 0 Å². The highest BCUT2D eigenvalue weighted by Crippen LogP contribution is 2.46. The zero-order chi connectivity index (χ0) is 64.2. The van der Waals surface area contributed by atoms with Crippen LogP contribution in [0.5, 0.6) is 57.5 Å². The summed E-state index contributed by atoms with van der Waals surface area (Å²) < 4.78 is 386. The summed E-state index contributed by atoms with van der Waals surface area (Å²) in [5, 5.41) is 0. The number of alkyl halides is 15. The van der Waals surface area contributed by atoms with Crippen molar-refractivity contribution in [2.75, 3.05) is 35.5 Å². The van der Waals surface area contributed by atoms with Gasteiger partial charge in [-0.25, -0.2) is 0 Å². The zero-order valence-corrected chi connectivity index (χ0v) is 46.8. The molecule has 470 valence electrons. The van der Waals surface area contributed by atoms with Gasteiger partial charge >= 0.3 is 78.1 Å². The Morgan fingerprint density at radius 1 is 0.235 bits per heavy atom. The molecule has 0 heterocycles. The van der Waals surface area contributed by atoms with Crippen molar-refractivity contribution in [1.82, 2.24) is 0 Å². The van der Waals surface area contributed by atoms with Crippen molar-refractivity contribution in [1.29, 1.82) is 0 Å². The fourth-order valence-corrected chi connectivity index (χ4v) is 10.2. The molecule has 10 aliphatic carbocycles. The number of halogens is 15. The van der Waals surface area contributed by atoms with Gasteiger partial charge < -0.3 is 44.6 Å². The van der Waals surface area contributed by atoms with Gasteiger partial charge in [-0.15, -0.1) is 0 Å². The van der Waals surface area contributed by atoms with Crippen LogP contribution in [-0.2, 0) is 82.7 Å². The fraction of sp³-hybridized carbons (Fsp3) is 0.333. The lowest BCUT2D eigenvalue weighted by Gasteiger charge is -2.21. The normalized spacial score (nSPS) is 14.1. The third-order valence-corrected chi connectivity index (χ3v) is 16.5. The molecule has 0 fully saturated rings. The van der Waals surface area contributed by atoms with Crippen LogP contribution >= 0.6 is 0 Å². The zero-order valence-electron chi connectivity index (χ0n) is 42.7. The molecule has 0 radical (unpaired) electrons. The third kappa shape index (κ3) is 14.4. The van der Waals surface area contributed by atoms with E-state index < -0.39 is 223 Å². The number of methoxy groups -OCH3 is 5. The second-order valence-electron chi connectivity index (χ2n) is 17.2. The Morgan fingerprint density at radius 3 is 0.447 bits per heavy atom. The molecule has 5 aromatic rings. The molecule has 0 amide bonds. The summed E-state index contributed by atoms with van der Waals surface area (Å²) in [5.74, 6) is -10.3. The first-order valence-corrected chi connectivity index (χ1v) is 29.3. The molecule has 0 N–H and O–H groups in total. The van der Waals surface area contributed by atoms with Crippen molar-refractivity contribution >= 4 is 50.6 Å². The Balaban J connectivity index is 1.84. The van der Waals surface area contributed by atoms with E-state index in [2.05, 4.69) is 20.9 Å². The minimum Gasteiger partial charge on any atom is -0.496 e. The minimum absolute atomic E-state index is 0.404. The van der Waals surface area contributed by atoms with E-state index in [-0.39, 0.29) is 0 Å². The van der Waals surface area contributed by atoms with Gasteiger partial charge in [0, 0.05) is 87.7 Å². The molecule has 0 aliphatic heterocycles. The summed E-state index contributed by atoms with van der Waals surface area (Å²) in [5.41, 5.74) is -38.9. The molecule has 0 saturated carbocycles. The molecule has 5 aromatic carbocycles. The van der Waals surface area contributed by atoms with Crippen LogP contribution in [-0.4, -0.2) is 105 Å². The van der Waals surface area contributed by atoms with Crippen molar-refractivity contribution in [3.05, 3.63) is 116 Å². The van der Waals surface area contributed by atoms with Gasteiger partial charge in [0.15, 0.2) is 0 Å². The Hall–Kier alpha value is -7.20. The lowest BCUT2D eigenvalue weighted by Crippen LogP contribution is -2.28. The number of ether oxygens (including phenoxy) is 5. The van der Waals surface area contributed by atoms with Crippen LogP contribution in [0.1, 0.15) is 55.6 Å². The summed E-state index contributed by atoms with van der Waals surface area (Å²) in [6.07, 6.45) is -5.71. The van der Waals surface area contributed by atoms with Gasteiger partial charge in [-0.2, -0.15) is 108 Å². The number of benzene rings is 5. The second kappa shape index (κ2) is 23.2. The maximum absolute atomic E-state index is 14.0. The van der Waals surface area contributed by atoms with E-state index in [4.69, 9.17) is 23.7 Å². The Morgan fingerprint density at radius 2 is 0.341 bits per heavy atom. The standard InChI is InChI=1S/C45H35F15O20S5/c1-71-31-11-26-7-22-17-38(78-83(65,66)43(52,53)54)28(13-33(22)73-3)9-24-19-40(80-85(69,70)45(58,59)60)30(15-35(24)75-5)10-25-20-39(79-84(67,68)44(55,56)57)29(14-34(25)74-4)8-23-18-37(77-82(63,64)42(49,50)51)27(12-32(23)72-2)6-21(31)16-36(26)76-81(61,62)41(46,47)48/h11-20H,6-10H2,1-5H3. The summed E-state index contributed by atoms with van der Waals surface area (Å²) in [4.78, 5) is 0. The van der Waals surface area contributed by atoms with Crippen LogP contribution < -0.4 is 44.6 Å². The average molecular weight is 1340 g/mol. The first-order chi connectivity index (χ1) is 38.7. The van der Waals surface area contributed by atoms with E-state index in [0.29, 0.717) is 60.7 Å². The second-order valence-corrected chi connectivity index (χ2v) is 24.8. The highest BCUT2D eigenvalue weighted by Gasteiger charge is 2.53. The van der Waals surface area contributed by atoms with E-state index >= 15 is 0 Å². The predicted octanol–water partition coefficient (Wildman–Crippen LogP) is 9.14. The van der Waals surface area contributed by atoms with Crippen molar-refractivity contribution in [3.8, 4) is 57.5 Å². The van der Waals surface area contributed by atoms with E-state index in [1.54, 1.807) is 0 Å². The molecule has 10 aliphatic rings. The monoisotopic (exact) mass is 1340 g/mol. The molecule has 0 saturated heterocycles. The molecule has 15 rings (SSSR count). The lowest BCUT2D eigenvalue weighted by atomic mass is 9.94. The lowest BCUT2D eigenvalue weighted by molar-refractivity contribution is -0.0505. The smallest absolute Gasteiger partial charge is 0.496 e. The van der Waals surface area contributed by atoms with E-state index in [9.17, 15) is 108 Å². The van der Waals surface area contributed by atoms with Crippen molar-refractivity contribution in [2.45, 2.75) is 59.6 Å². The van der Waals surface area contributed by atoms with Crippen molar-refractivity contribution in [3.63, 3.8) is 0 Å². The molecular formula is C45H35F15O20S5. The molecule has 0 atom stereocenters. The molecule has 20 nitrogen and oxygen atoms in total. The highest BCUT2D eigenvalue weighted by atomic mass is 32.2. The number of rotatable bonds is 15. The van der Waals surface area contributed by atoms with Crippen LogP contribution in [0.4, 0.5) is 65.9 Å². The fourth-order valence-electron chi connectivity index (χ4n) is 7.79. The number of hydrogen-bond donors (Lipinski definition) is 0. The molecule has 0 aromatic heterocycles. The first-order valence-electron chi connectivity index (χ1n) is 22.2. The van der Waals surface area contributed by atoms with Gasteiger partial charge in [-0.1, -0.05) is 0 Å². The highest BCUT2D eigenvalue weighted by molar-refractivity contribution is 7.89. The Bertz CT molecular complexity index is 3410. The topological polar surface area (TPSA) is 263 Å². The maximum atomic E-state index is 14.0. The summed E-state index contributed by atoms with van der Waals surface area (Å²) in [6.45, 7) is 0. The van der Waals surface area contributed by atoms with Gasteiger partial charge in [0.1, 0.15) is 57.5 Å². The van der Waals surface area contributed by atoms with Gasteiger partial charge in [0.05, 0.1) is 35.5 Å². The first kappa shape index (κ1) is 66.9. The molecule has 0 unspecified atom stereocenters. The van der Waals surface area contributed by atoms with E-state index in [1.165, 1.54) is 0 Å². The van der Waals surface area contributed by atoms with Gasteiger partial charge in [0.25, 0.3) is 0 Å². The molecule has 40 heteroatoms. The largest absolute Gasteiger partial charge is 0.534 e. The Kier molecular flexibility index (Phi) is 18.3. The summed E-state index contributed by atoms with van der Waals surface area (Å²) >= 11 is 0. The van der Waals surface area contributed by atoms with Gasteiger partial charge in [-0.3, -0.25) is 0 Å². The number of hydrogen-bond acceptors (Lipinski definition) is 20. The van der Waals surface area contributed by atoms with Crippen LogP contribution in [0.2, 0.25) is 0 Å². The van der Waals surface area contributed by atoms with Crippen molar-refractivity contribution in [2.24, 2.45) is 0 Å². The van der Waals surface area contributed by atoms with Gasteiger partial charge in [0.2, 0.25) is 0 Å². The van der Waals surface area contributed by atoms with Gasteiger partial charge in [-0.05, 0) is 60.7 Å². The predicted molar refractivity (Wildman–Crippen MR) is 257 cm³/mol. The molecule has 0 spiro atoms. The van der Waals surface area contributed by atoms with E-state index in [1.807, 2.05) is 0 Å². The van der Waals surface area contributed by atoms with Crippen molar-refractivity contribution < 1.29 is 153 Å². The SMILES string of the molecule is COc1cc2c(OS(=O)(=O)C(F)(F)F)cc1Cc1cc(OC)c(cc1OS(=O)(=O)C(F)(F)F)Cc1cc(OC)c(cc1OS(=O)(=O)C(F)(F)F)Cc1cc(OC)c(cc1OS(=O)(=O)C(F)(F)F)Cc1cc(OC)c(cc1OS(=O)(=O)C(F)(F)F)C2. The Labute approximate surface area is 470 Å². The quantitative estimate of drug-likeness (QED) is 0.0527. The third-order valence-electron chi connectivity index (χ3n) is 11.6. The summed E-state index contributed by atoms with van der Waals surface area (Å²) in [7, 11) is -30.0. The van der Waals surface area contributed by atoms with E-state index in [0.717, 1.165) is 35.5 Å². The summed E-state index contributed by atoms with van der Waals surface area (Å²) in [6, 6.07) is 5.25. The minimum atomic E-state index is -6.82. The molecular weight excluding hydrogens is 1310 g/mol. The maximum Gasteiger partial charge on any atom is 0.534 e. The van der Waals surface area contributed by atoms with Crippen LogP contribution in [0.25, 0.3) is 0 Å². The molecule has 10 bridgehead atoms. The van der Waals surface area contributed by atoms with Crippen LogP contribution in [0, 0.1) is 0 Å².